The van der Waals surface area contributed by atoms with Crippen molar-refractivity contribution in [1.82, 2.24) is 5.32 Å². The predicted octanol–water partition coefficient (Wildman–Crippen LogP) is 3.38. The second-order valence-corrected chi connectivity index (χ2v) is 7.13. The van der Waals surface area contributed by atoms with Gasteiger partial charge in [0.2, 0.25) is 0 Å². The van der Waals surface area contributed by atoms with E-state index in [9.17, 15) is 9.90 Å². The van der Waals surface area contributed by atoms with E-state index in [0.717, 1.165) is 22.3 Å². The molecule has 0 aromatic heterocycles. The number of benzene rings is 1. The largest absolute Gasteiger partial charge is 0.392 e. The van der Waals surface area contributed by atoms with Crippen LogP contribution in [0.5, 0.6) is 0 Å². The van der Waals surface area contributed by atoms with Crippen molar-refractivity contribution in [3.8, 4) is 0 Å². The van der Waals surface area contributed by atoms with Gasteiger partial charge >= 0.3 is 0 Å². The van der Waals surface area contributed by atoms with Crippen LogP contribution in [-0.2, 0) is 0 Å². The van der Waals surface area contributed by atoms with Crippen molar-refractivity contribution in [3.63, 3.8) is 0 Å². The number of aliphatic hydroxyl groups is 1. The Morgan fingerprint density at radius 1 is 1.19 bits per heavy atom. The van der Waals surface area contributed by atoms with Crippen molar-refractivity contribution in [2.24, 2.45) is 11.3 Å². The molecule has 0 fully saturated rings. The normalized spacial score (nSPS) is 13.4. The summed E-state index contributed by atoms with van der Waals surface area (Å²) in [5, 5.41) is 13.2. The van der Waals surface area contributed by atoms with Gasteiger partial charge in [0, 0.05) is 17.5 Å². The number of amides is 1. The van der Waals surface area contributed by atoms with E-state index < -0.39 is 6.10 Å². The van der Waals surface area contributed by atoms with Crippen molar-refractivity contribution in [2.45, 2.75) is 54.6 Å². The van der Waals surface area contributed by atoms with Crippen LogP contribution >= 0.6 is 0 Å². The number of aryl methyl sites for hydroxylation is 3. The molecule has 0 bridgehead atoms. The van der Waals surface area contributed by atoms with Crippen LogP contribution in [0.3, 0.4) is 0 Å². The number of rotatable bonds is 5. The molecule has 1 amide bonds. The summed E-state index contributed by atoms with van der Waals surface area (Å²) in [6.45, 7) is 14.3. The first-order valence-corrected chi connectivity index (χ1v) is 7.60. The average Bonchev–Trinajstić information content (AvgIpc) is 2.34. The van der Waals surface area contributed by atoms with Crippen LogP contribution in [0, 0.1) is 32.1 Å². The highest BCUT2D eigenvalue weighted by molar-refractivity contribution is 5.97. The summed E-state index contributed by atoms with van der Waals surface area (Å²) in [6.07, 6.45) is -0.446. The summed E-state index contributed by atoms with van der Waals surface area (Å²) >= 11 is 0. The molecular formula is C18H29NO2. The Labute approximate surface area is 128 Å². The Hall–Kier alpha value is -1.35. The molecule has 1 aromatic carbocycles. The molecule has 0 spiro atoms. The van der Waals surface area contributed by atoms with Gasteiger partial charge in [-0.3, -0.25) is 4.79 Å². The SMILES string of the molecule is Cc1cc(C)c(C(=O)NCC(C)(C)C(O)C(C)C)c(C)c1. The summed E-state index contributed by atoms with van der Waals surface area (Å²) in [4.78, 5) is 12.4. The maximum Gasteiger partial charge on any atom is 0.251 e. The maximum atomic E-state index is 12.4. The molecule has 1 unspecified atom stereocenters. The second kappa shape index (κ2) is 6.61. The summed E-state index contributed by atoms with van der Waals surface area (Å²) in [5.41, 5.74) is 3.54. The molecule has 3 nitrogen and oxygen atoms in total. The molecule has 0 radical (unpaired) electrons. The molecular weight excluding hydrogens is 262 g/mol. The fourth-order valence-electron chi connectivity index (χ4n) is 2.94. The minimum atomic E-state index is -0.446. The molecule has 1 atom stereocenters. The Kier molecular flexibility index (Phi) is 5.57. The van der Waals surface area contributed by atoms with Crippen LogP contribution in [0.25, 0.3) is 0 Å². The fourth-order valence-corrected chi connectivity index (χ4v) is 2.94. The first-order chi connectivity index (χ1) is 9.56. The molecule has 2 N–H and O–H groups in total. The zero-order valence-electron chi connectivity index (χ0n) is 14.4. The van der Waals surface area contributed by atoms with Gasteiger partial charge in [-0.15, -0.1) is 0 Å². The van der Waals surface area contributed by atoms with E-state index in [-0.39, 0.29) is 17.2 Å². The number of aliphatic hydroxyl groups excluding tert-OH is 1. The first-order valence-electron chi connectivity index (χ1n) is 7.60. The van der Waals surface area contributed by atoms with Crippen molar-refractivity contribution >= 4 is 5.91 Å². The van der Waals surface area contributed by atoms with Gasteiger partial charge in [0.1, 0.15) is 0 Å². The molecule has 0 aliphatic heterocycles. The van der Waals surface area contributed by atoms with E-state index >= 15 is 0 Å². The quantitative estimate of drug-likeness (QED) is 0.873. The van der Waals surface area contributed by atoms with Crippen LogP contribution in [-0.4, -0.2) is 23.7 Å². The van der Waals surface area contributed by atoms with Crippen LogP contribution < -0.4 is 5.32 Å². The Bertz CT molecular complexity index is 495. The van der Waals surface area contributed by atoms with Crippen molar-refractivity contribution in [1.29, 1.82) is 0 Å². The monoisotopic (exact) mass is 291 g/mol. The van der Waals surface area contributed by atoms with Gasteiger partial charge in [-0.1, -0.05) is 45.4 Å². The van der Waals surface area contributed by atoms with Gasteiger partial charge in [0.25, 0.3) is 5.91 Å². The van der Waals surface area contributed by atoms with Gasteiger partial charge in [-0.05, 0) is 37.8 Å². The van der Waals surface area contributed by atoms with E-state index in [2.05, 4.69) is 5.32 Å². The molecule has 1 aromatic rings. The van der Waals surface area contributed by atoms with E-state index in [4.69, 9.17) is 0 Å². The van der Waals surface area contributed by atoms with Gasteiger partial charge in [0.15, 0.2) is 0 Å². The van der Waals surface area contributed by atoms with Gasteiger partial charge < -0.3 is 10.4 Å². The third-order valence-corrected chi connectivity index (χ3v) is 4.04. The summed E-state index contributed by atoms with van der Waals surface area (Å²) in [7, 11) is 0. The number of hydrogen-bond acceptors (Lipinski definition) is 2. The molecule has 0 aliphatic rings. The van der Waals surface area contributed by atoms with Crippen molar-refractivity contribution in [3.05, 3.63) is 34.4 Å². The highest BCUT2D eigenvalue weighted by Gasteiger charge is 2.30. The average molecular weight is 291 g/mol. The standard InChI is InChI=1S/C18H29NO2/c1-11(2)16(20)18(6,7)10-19-17(21)15-13(4)8-12(3)9-14(15)5/h8-9,11,16,20H,10H2,1-7H3,(H,19,21). The van der Waals surface area contributed by atoms with Crippen molar-refractivity contribution < 1.29 is 9.90 Å². The Morgan fingerprint density at radius 3 is 2.10 bits per heavy atom. The lowest BCUT2D eigenvalue weighted by atomic mass is 9.80. The van der Waals surface area contributed by atoms with E-state index in [1.54, 1.807) is 0 Å². The predicted molar refractivity (Wildman–Crippen MR) is 87.6 cm³/mol. The Morgan fingerprint density at radius 2 is 1.67 bits per heavy atom. The topological polar surface area (TPSA) is 49.3 Å². The zero-order valence-corrected chi connectivity index (χ0v) is 14.4. The van der Waals surface area contributed by atoms with E-state index in [1.165, 1.54) is 0 Å². The third-order valence-electron chi connectivity index (χ3n) is 4.04. The van der Waals surface area contributed by atoms with Gasteiger partial charge in [0.05, 0.1) is 6.10 Å². The lowest BCUT2D eigenvalue weighted by Crippen LogP contribution is -2.43. The number of carbonyl (C=O) groups is 1. The molecule has 1 rings (SSSR count). The smallest absolute Gasteiger partial charge is 0.251 e. The van der Waals surface area contributed by atoms with Crippen LogP contribution in [0.4, 0.5) is 0 Å². The van der Waals surface area contributed by atoms with E-state index in [0.29, 0.717) is 6.54 Å². The van der Waals surface area contributed by atoms with Gasteiger partial charge in [-0.2, -0.15) is 0 Å². The highest BCUT2D eigenvalue weighted by Crippen LogP contribution is 2.25. The lowest BCUT2D eigenvalue weighted by Gasteiger charge is -2.33. The highest BCUT2D eigenvalue weighted by atomic mass is 16.3. The van der Waals surface area contributed by atoms with Crippen LogP contribution in [0.15, 0.2) is 12.1 Å². The Balaban J connectivity index is 2.84. The van der Waals surface area contributed by atoms with Crippen LogP contribution in [0.1, 0.15) is 54.7 Å². The van der Waals surface area contributed by atoms with Gasteiger partial charge in [-0.25, -0.2) is 0 Å². The third kappa shape index (κ3) is 4.31. The molecule has 3 heteroatoms. The molecule has 0 aliphatic carbocycles. The molecule has 118 valence electrons. The summed E-state index contributed by atoms with van der Waals surface area (Å²) in [5.74, 6) is 0.105. The number of nitrogens with one attached hydrogen (secondary N) is 1. The van der Waals surface area contributed by atoms with Crippen molar-refractivity contribution in [2.75, 3.05) is 6.54 Å². The molecule has 0 saturated heterocycles. The fraction of sp³-hybridized carbons (Fsp3) is 0.611. The maximum absolute atomic E-state index is 12.4. The molecule has 0 heterocycles. The molecule has 21 heavy (non-hydrogen) atoms. The minimum Gasteiger partial charge on any atom is -0.392 e. The number of hydrogen-bond donors (Lipinski definition) is 2. The summed E-state index contributed by atoms with van der Waals surface area (Å²) in [6, 6.07) is 4.05. The second-order valence-electron chi connectivity index (χ2n) is 7.13. The minimum absolute atomic E-state index is 0.0611. The van der Waals surface area contributed by atoms with E-state index in [1.807, 2.05) is 60.6 Å². The molecule has 0 saturated carbocycles. The lowest BCUT2D eigenvalue weighted by molar-refractivity contribution is 0.0138. The number of carbonyl (C=O) groups excluding carboxylic acids is 1. The first kappa shape index (κ1) is 17.7. The zero-order chi connectivity index (χ0) is 16.4. The summed E-state index contributed by atoms with van der Waals surface area (Å²) < 4.78 is 0. The van der Waals surface area contributed by atoms with Crippen LogP contribution in [0.2, 0.25) is 0 Å².